The molecule has 2 aromatic rings. The molecule has 2 heteroatoms. The van der Waals surface area contributed by atoms with Crippen molar-refractivity contribution in [2.45, 2.75) is 32.8 Å². The van der Waals surface area contributed by atoms with Crippen LogP contribution in [-0.4, -0.2) is 10.1 Å². The molecular formula is C16H19NO. The highest BCUT2D eigenvalue weighted by Crippen LogP contribution is 2.20. The maximum Gasteiger partial charge on any atom is 0.100 e. The number of rotatable bonds is 4. The molecule has 1 heterocycles. The zero-order chi connectivity index (χ0) is 13.0. The average molecular weight is 241 g/mol. The number of hydrogen-bond donors (Lipinski definition) is 1. The number of pyridine rings is 1. The highest BCUT2D eigenvalue weighted by Gasteiger charge is 2.13. The van der Waals surface area contributed by atoms with E-state index in [-0.39, 0.29) is 0 Å². The maximum atomic E-state index is 10.3. The second-order valence-corrected chi connectivity index (χ2v) is 4.61. The van der Waals surface area contributed by atoms with Crippen molar-refractivity contribution in [1.29, 1.82) is 0 Å². The fraction of sp³-hybridized carbons (Fsp3) is 0.312. The van der Waals surface area contributed by atoms with Crippen molar-refractivity contribution in [3.05, 3.63) is 65.0 Å². The van der Waals surface area contributed by atoms with Crippen LogP contribution in [0.5, 0.6) is 0 Å². The first-order valence-electron chi connectivity index (χ1n) is 6.38. The minimum absolute atomic E-state index is 0.525. The minimum atomic E-state index is -0.525. The van der Waals surface area contributed by atoms with Crippen LogP contribution in [0.2, 0.25) is 0 Å². The molecule has 0 aliphatic rings. The van der Waals surface area contributed by atoms with E-state index in [9.17, 15) is 5.11 Å². The van der Waals surface area contributed by atoms with Gasteiger partial charge in [0, 0.05) is 12.6 Å². The number of hydrogen-bond acceptors (Lipinski definition) is 2. The molecule has 0 spiro atoms. The molecule has 1 atom stereocenters. The van der Waals surface area contributed by atoms with Gasteiger partial charge in [0.05, 0.1) is 5.69 Å². The fourth-order valence-corrected chi connectivity index (χ4v) is 2.21. The average Bonchev–Trinajstić information content (AvgIpc) is 2.38. The summed E-state index contributed by atoms with van der Waals surface area (Å²) in [6.07, 6.45) is 2.73. The minimum Gasteiger partial charge on any atom is -0.386 e. The Kier molecular flexibility index (Phi) is 4.11. The van der Waals surface area contributed by atoms with E-state index in [2.05, 4.69) is 31.0 Å². The zero-order valence-electron chi connectivity index (χ0n) is 10.9. The summed E-state index contributed by atoms with van der Waals surface area (Å²) in [5, 5.41) is 10.3. The molecule has 2 nitrogen and oxygen atoms in total. The number of aryl methyl sites for hydroxylation is 2. The number of benzene rings is 1. The molecule has 2 rings (SSSR count). The van der Waals surface area contributed by atoms with Crippen LogP contribution in [0.1, 0.15) is 35.4 Å². The first-order chi connectivity index (χ1) is 8.70. The van der Waals surface area contributed by atoms with Gasteiger partial charge in [0.25, 0.3) is 0 Å². The van der Waals surface area contributed by atoms with Crippen LogP contribution in [0.3, 0.4) is 0 Å². The Morgan fingerprint density at radius 1 is 1.22 bits per heavy atom. The first kappa shape index (κ1) is 12.8. The molecule has 0 radical (unpaired) electrons. The van der Waals surface area contributed by atoms with Gasteiger partial charge in [0.15, 0.2) is 0 Å². The predicted octanol–water partition coefficient (Wildman–Crippen LogP) is 3.23. The van der Waals surface area contributed by atoms with E-state index in [1.807, 2.05) is 24.3 Å². The molecule has 0 amide bonds. The van der Waals surface area contributed by atoms with Crippen molar-refractivity contribution in [2.24, 2.45) is 0 Å². The van der Waals surface area contributed by atoms with Crippen LogP contribution < -0.4 is 0 Å². The largest absolute Gasteiger partial charge is 0.386 e. The third-order valence-corrected chi connectivity index (χ3v) is 3.13. The van der Waals surface area contributed by atoms with Crippen LogP contribution in [0, 0.1) is 6.92 Å². The molecule has 1 aromatic heterocycles. The zero-order valence-corrected chi connectivity index (χ0v) is 10.9. The molecule has 18 heavy (non-hydrogen) atoms. The summed E-state index contributed by atoms with van der Waals surface area (Å²) in [6, 6.07) is 12.2. The van der Waals surface area contributed by atoms with E-state index in [0.717, 1.165) is 23.2 Å². The smallest absolute Gasteiger partial charge is 0.100 e. The van der Waals surface area contributed by atoms with Crippen molar-refractivity contribution in [3.8, 4) is 0 Å². The van der Waals surface area contributed by atoms with Gasteiger partial charge in [-0.05, 0) is 30.5 Å². The lowest BCUT2D eigenvalue weighted by molar-refractivity contribution is 0.172. The van der Waals surface area contributed by atoms with Crippen LogP contribution >= 0.6 is 0 Å². The number of aromatic nitrogens is 1. The van der Waals surface area contributed by atoms with E-state index in [4.69, 9.17) is 0 Å². The van der Waals surface area contributed by atoms with Crippen molar-refractivity contribution >= 4 is 0 Å². The Morgan fingerprint density at radius 2 is 2.06 bits per heavy atom. The second kappa shape index (κ2) is 5.78. The van der Waals surface area contributed by atoms with E-state index in [1.54, 1.807) is 6.20 Å². The first-order valence-corrected chi connectivity index (χ1v) is 6.38. The van der Waals surface area contributed by atoms with Gasteiger partial charge in [-0.15, -0.1) is 0 Å². The summed E-state index contributed by atoms with van der Waals surface area (Å²) in [7, 11) is 0. The van der Waals surface area contributed by atoms with E-state index < -0.39 is 6.10 Å². The van der Waals surface area contributed by atoms with Crippen LogP contribution in [0.25, 0.3) is 0 Å². The third-order valence-electron chi connectivity index (χ3n) is 3.13. The number of aliphatic hydroxyl groups is 1. The Balaban J connectivity index is 2.19. The highest BCUT2D eigenvalue weighted by atomic mass is 16.3. The van der Waals surface area contributed by atoms with Gasteiger partial charge < -0.3 is 5.11 Å². The Bertz CT molecular complexity index is 522. The molecule has 1 aromatic carbocycles. The molecule has 1 N–H and O–H groups in total. The Labute approximate surface area is 108 Å². The lowest BCUT2D eigenvalue weighted by Crippen LogP contribution is -2.07. The van der Waals surface area contributed by atoms with Gasteiger partial charge >= 0.3 is 0 Å². The van der Waals surface area contributed by atoms with Crippen LogP contribution in [0.15, 0.2) is 42.6 Å². The summed E-state index contributed by atoms with van der Waals surface area (Å²) < 4.78 is 0. The van der Waals surface area contributed by atoms with Crippen molar-refractivity contribution in [2.75, 3.05) is 0 Å². The van der Waals surface area contributed by atoms with Gasteiger partial charge in [0.2, 0.25) is 0 Å². The Morgan fingerprint density at radius 3 is 2.78 bits per heavy atom. The molecule has 0 saturated carbocycles. The van der Waals surface area contributed by atoms with Gasteiger partial charge in [-0.2, -0.15) is 0 Å². The van der Waals surface area contributed by atoms with Gasteiger partial charge in [-0.1, -0.05) is 42.8 Å². The standard InChI is InChI=1S/C16H19NO/c1-3-14-8-5-9-17-16(14)15(18)11-13-7-4-6-12(2)10-13/h4-10,15,18H,3,11H2,1-2H3. The second-order valence-electron chi connectivity index (χ2n) is 4.61. The fourth-order valence-electron chi connectivity index (χ4n) is 2.21. The molecule has 94 valence electrons. The molecular weight excluding hydrogens is 222 g/mol. The van der Waals surface area contributed by atoms with Crippen molar-refractivity contribution in [1.82, 2.24) is 4.98 Å². The monoisotopic (exact) mass is 241 g/mol. The maximum absolute atomic E-state index is 10.3. The Hall–Kier alpha value is -1.67. The lowest BCUT2D eigenvalue weighted by Gasteiger charge is -2.14. The number of aliphatic hydroxyl groups excluding tert-OH is 1. The molecule has 0 aliphatic carbocycles. The summed E-state index contributed by atoms with van der Waals surface area (Å²) in [5.74, 6) is 0. The van der Waals surface area contributed by atoms with Crippen LogP contribution in [-0.2, 0) is 12.8 Å². The van der Waals surface area contributed by atoms with Gasteiger partial charge in [-0.3, -0.25) is 4.98 Å². The summed E-state index contributed by atoms with van der Waals surface area (Å²) in [6.45, 7) is 4.15. The SMILES string of the molecule is CCc1cccnc1C(O)Cc1cccc(C)c1. The van der Waals surface area contributed by atoms with Crippen molar-refractivity contribution < 1.29 is 5.11 Å². The van der Waals surface area contributed by atoms with Gasteiger partial charge in [-0.25, -0.2) is 0 Å². The van der Waals surface area contributed by atoms with E-state index in [1.165, 1.54) is 5.56 Å². The molecule has 0 saturated heterocycles. The molecule has 0 fully saturated rings. The number of nitrogens with zero attached hydrogens (tertiary/aromatic N) is 1. The summed E-state index contributed by atoms with van der Waals surface area (Å²) in [4.78, 5) is 4.32. The molecule has 1 unspecified atom stereocenters. The molecule has 0 aliphatic heterocycles. The quantitative estimate of drug-likeness (QED) is 0.891. The third kappa shape index (κ3) is 2.96. The normalized spacial score (nSPS) is 12.4. The highest BCUT2D eigenvalue weighted by molar-refractivity contribution is 5.26. The van der Waals surface area contributed by atoms with Crippen molar-refractivity contribution in [3.63, 3.8) is 0 Å². The lowest BCUT2D eigenvalue weighted by atomic mass is 10.00. The summed E-state index contributed by atoms with van der Waals surface area (Å²) in [5.41, 5.74) is 4.30. The van der Waals surface area contributed by atoms with Crippen LogP contribution in [0.4, 0.5) is 0 Å². The predicted molar refractivity (Wildman–Crippen MR) is 73.5 cm³/mol. The topological polar surface area (TPSA) is 33.1 Å². The van der Waals surface area contributed by atoms with Gasteiger partial charge in [0.1, 0.15) is 6.10 Å². The molecule has 0 bridgehead atoms. The van der Waals surface area contributed by atoms with E-state index in [0.29, 0.717) is 6.42 Å². The van der Waals surface area contributed by atoms with E-state index >= 15 is 0 Å². The summed E-state index contributed by atoms with van der Waals surface area (Å²) >= 11 is 0.